The van der Waals surface area contributed by atoms with Crippen LogP contribution < -0.4 is 0 Å². The quantitative estimate of drug-likeness (QED) is 0.234. The van der Waals surface area contributed by atoms with E-state index in [-0.39, 0.29) is 63.2 Å². The van der Waals surface area contributed by atoms with Crippen molar-refractivity contribution in [3.63, 3.8) is 0 Å². The Morgan fingerprint density at radius 1 is 1.00 bits per heavy atom. The second-order valence-corrected chi connectivity index (χ2v) is 15.3. The van der Waals surface area contributed by atoms with Crippen molar-refractivity contribution in [3.8, 4) is 0 Å². The second-order valence-electron chi connectivity index (χ2n) is 15.3. The number of hydrogen-bond donors (Lipinski definition) is 0. The van der Waals surface area contributed by atoms with E-state index in [0.717, 1.165) is 44.9 Å². The lowest BCUT2D eigenvalue weighted by molar-refractivity contribution is -0.167. The minimum atomic E-state index is -0.958. The summed E-state index contributed by atoms with van der Waals surface area (Å²) in [6, 6.07) is 0. The highest BCUT2D eigenvalue weighted by atomic mass is 16.6. The zero-order chi connectivity index (χ0) is 30.3. The average Bonchev–Trinajstić information content (AvgIpc) is 3.52. The summed E-state index contributed by atoms with van der Waals surface area (Å²) in [5.74, 6) is 0.0898. The Hall–Kier alpha value is -1.98. The van der Waals surface area contributed by atoms with Crippen LogP contribution in [0.25, 0.3) is 0 Å². The van der Waals surface area contributed by atoms with Gasteiger partial charge in [0.2, 0.25) is 0 Å². The summed E-state index contributed by atoms with van der Waals surface area (Å²) in [5.41, 5.74) is 0.723. The second kappa shape index (κ2) is 10.0. The number of hydrogen-bond acceptors (Lipinski definition) is 6. The summed E-state index contributed by atoms with van der Waals surface area (Å²) in [6.45, 7) is 19.9. The molecule has 0 aromatic rings. The lowest BCUT2D eigenvalue weighted by atomic mass is 9.43. The normalized spacial score (nSPS) is 44.7. The van der Waals surface area contributed by atoms with Gasteiger partial charge in [0.25, 0.3) is 0 Å². The van der Waals surface area contributed by atoms with Crippen LogP contribution in [0.3, 0.4) is 0 Å². The highest BCUT2D eigenvalue weighted by Crippen LogP contribution is 2.88. The Kier molecular flexibility index (Phi) is 7.47. The van der Waals surface area contributed by atoms with Gasteiger partial charge in [-0.1, -0.05) is 48.1 Å². The van der Waals surface area contributed by atoms with Crippen molar-refractivity contribution in [1.82, 2.24) is 0 Å². The largest absolute Gasteiger partial charge is 0.462 e. The first-order valence-electron chi connectivity index (χ1n) is 16.2. The zero-order valence-corrected chi connectivity index (χ0v) is 26.6. The summed E-state index contributed by atoms with van der Waals surface area (Å²) in [6.07, 6.45) is 7.47. The Labute approximate surface area is 246 Å². The third kappa shape index (κ3) is 4.15. The fourth-order valence-electron chi connectivity index (χ4n) is 11.6. The Bertz CT molecular complexity index is 1160. The van der Waals surface area contributed by atoms with Crippen LogP contribution in [-0.4, -0.2) is 35.7 Å². The smallest absolute Gasteiger partial charge is 0.303 e. The molecule has 6 nitrogen and oxygen atoms in total. The predicted octanol–water partition coefficient (Wildman–Crippen LogP) is 6.89. The van der Waals surface area contributed by atoms with Crippen molar-refractivity contribution in [2.45, 2.75) is 125 Å². The van der Waals surface area contributed by atoms with Crippen LogP contribution in [0.5, 0.6) is 0 Å². The first-order chi connectivity index (χ1) is 19.1. The van der Waals surface area contributed by atoms with E-state index in [1.807, 2.05) is 20.8 Å². The number of rotatable bonds is 8. The molecule has 0 bridgehead atoms. The maximum Gasteiger partial charge on any atom is 0.303 e. The molecule has 0 unspecified atom stereocenters. The number of ketones is 2. The van der Waals surface area contributed by atoms with Gasteiger partial charge in [-0.15, -0.1) is 0 Å². The van der Waals surface area contributed by atoms with E-state index in [0.29, 0.717) is 29.6 Å². The minimum Gasteiger partial charge on any atom is -0.462 e. The van der Waals surface area contributed by atoms with Gasteiger partial charge in [-0.2, -0.15) is 0 Å². The molecule has 0 aromatic carbocycles. The molecule has 41 heavy (non-hydrogen) atoms. The topological polar surface area (TPSA) is 86.7 Å². The van der Waals surface area contributed by atoms with Crippen molar-refractivity contribution in [3.05, 3.63) is 12.2 Å². The zero-order valence-electron chi connectivity index (χ0n) is 26.6. The standard InChI is InChI=1S/C35H52O6/c1-10-19(2)20(3)30(39)31(41-24(7)37)22(5)29-27(40-23(6)36)17-33(9)28-12-11-25-21(4)26(38)13-14-34(25)18-35(28,34)16-15-32(29,33)8/h19,21-22,25,27-29,31H,3,10-18H2,1-2,4-9H3/t19-,21-,22-,25-,27-,28-,29-,31+,32+,33-,34+,35-/m0/s1. The average molecular weight is 569 g/mol. The predicted molar refractivity (Wildman–Crippen MR) is 157 cm³/mol. The van der Waals surface area contributed by atoms with E-state index in [4.69, 9.17) is 9.47 Å². The molecule has 0 N–H and O–H groups in total. The molecule has 2 spiro atoms. The van der Waals surface area contributed by atoms with E-state index in [1.165, 1.54) is 20.3 Å². The fourth-order valence-corrected chi connectivity index (χ4v) is 11.6. The molecular formula is C35H52O6. The molecule has 5 aliphatic carbocycles. The van der Waals surface area contributed by atoms with Crippen LogP contribution in [0, 0.1) is 57.2 Å². The van der Waals surface area contributed by atoms with Crippen molar-refractivity contribution in [2.75, 3.05) is 0 Å². The van der Waals surface area contributed by atoms with Crippen molar-refractivity contribution >= 4 is 23.5 Å². The summed E-state index contributed by atoms with van der Waals surface area (Å²) in [5, 5.41) is 0. The molecule has 0 aliphatic heterocycles. The number of esters is 2. The lowest BCUT2D eigenvalue weighted by Crippen LogP contribution is -2.56. The molecule has 0 aromatic heterocycles. The maximum absolute atomic E-state index is 13.8. The minimum absolute atomic E-state index is 0.0120. The summed E-state index contributed by atoms with van der Waals surface area (Å²) in [7, 11) is 0. The molecule has 0 saturated heterocycles. The molecule has 6 heteroatoms. The molecule has 0 amide bonds. The van der Waals surface area contributed by atoms with Gasteiger partial charge in [-0.3, -0.25) is 19.2 Å². The van der Waals surface area contributed by atoms with Crippen LogP contribution in [0.2, 0.25) is 0 Å². The highest BCUT2D eigenvalue weighted by molar-refractivity contribution is 5.99. The van der Waals surface area contributed by atoms with Gasteiger partial charge in [-0.25, -0.2) is 0 Å². The van der Waals surface area contributed by atoms with Gasteiger partial charge in [-0.05, 0) is 96.4 Å². The first-order valence-corrected chi connectivity index (χ1v) is 16.2. The van der Waals surface area contributed by atoms with Crippen molar-refractivity contribution in [2.24, 2.45) is 57.2 Å². The van der Waals surface area contributed by atoms with Gasteiger partial charge >= 0.3 is 11.9 Å². The van der Waals surface area contributed by atoms with Crippen LogP contribution >= 0.6 is 0 Å². The number of carbonyl (C=O) groups excluding carboxylic acids is 4. The van der Waals surface area contributed by atoms with Gasteiger partial charge in [0.05, 0.1) is 0 Å². The number of carbonyl (C=O) groups is 4. The number of ether oxygens (including phenoxy) is 2. The molecule has 12 atom stereocenters. The van der Waals surface area contributed by atoms with E-state index >= 15 is 0 Å². The molecule has 5 fully saturated rings. The van der Waals surface area contributed by atoms with Gasteiger partial charge in [0.15, 0.2) is 11.9 Å². The summed E-state index contributed by atoms with van der Waals surface area (Å²) < 4.78 is 12.0. The first kappa shape index (κ1) is 30.5. The Balaban J connectivity index is 1.53. The molecular weight excluding hydrogens is 516 g/mol. The molecule has 0 heterocycles. The van der Waals surface area contributed by atoms with Crippen LogP contribution in [0.1, 0.15) is 113 Å². The van der Waals surface area contributed by atoms with Gasteiger partial charge < -0.3 is 9.47 Å². The molecule has 5 rings (SSSR count). The summed E-state index contributed by atoms with van der Waals surface area (Å²) >= 11 is 0. The highest BCUT2D eigenvalue weighted by Gasteiger charge is 2.82. The Morgan fingerprint density at radius 2 is 1.68 bits per heavy atom. The van der Waals surface area contributed by atoms with Crippen LogP contribution in [-0.2, 0) is 28.7 Å². The van der Waals surface area contributed by atoms with E-state index in [1.54, 1.807) is 0 Å². The number of Topliss-reactive ketones (excluding diaryl/α,β-unsaturated/α-hetero) is 2. The van der Waals surface area contributed by atoms with Crippen LogP contribution in [0.15, 0.2) is 12.2 Å². The molecule has 5 aliphatic rings. The van der Waals surface area contributed by atoms with Gasteiger partial charge in [0.1, 0.15) is 11.9 Å². The molecule has 0 radical (unpaired) electrons. The monoisotopic (exact) mass is 568 g/mol. The van der Waals surface area contributed by atoms with Crippen LogP contribution in [0.4, 0.5) is 0 Å². The maximum atomic E-state index is 13.8. The van der Waals surface area contributed by atoms with Gasteiger partial charge in [0, 0.05) is 38.0 Å². The van der Waals surface area contributed by atoms with E-state index in [2.05, 4.69) is 27.4 Å². The fraction of sp³-hybridized carbons (Fsp3) is 0.829. The van der Waals surface area contributed by atoms with Crippen molar-refractivity contribution < 1.29 is 28.7 Å². The number of fused-ring (bicyclic) bond motifs is 2. The SMILES string of the molecule is C=C(C(=O)[C@H](OC(C)=O)[C@@H](C)[C@H]1[C@@H](OC(C)=O)C[C@@]2(C)[C@@H]3CC[C@H]4[C@H](C)C(=O)CC[C@@]45C[C@@]35CC[C@]12C)[C@@H](C)CC. The molecule has 228 valence electrons. The third-order valence-electron chi connectivity index (χ3n) is 13.9. The third-order valence-corrected chi connectivity index (χ3v) is 13.9. The molecule has 5 saturated carbocycles. The summed E-state index contributed by atoms with van der Waals surface area (Å²) in [4.78, 5) is 51.4. The van der Waals surface area contributed by atoms with Crippen molar-refractivity contribution in [1.29, 1.82) is 0 Å². The lowest BCUT2D eigenvalue weighted by Gasteiger charge is -2.61. The van der Waals surface area contributed by atoms with E-state index < -0.39 is 12.1 Å². The van der Waals surface area contributed by atoms with E-state index in [9.17, 15) is 19.2 Å². The Morgan fingerprint density at radius 3 is 2.29 bits per heavy atom.